The number of benzene rings is 2. The summed E-state index contributed by atoms with van der Waals surface area (Å²) in [7, 11) is -0.726. The predicted molar refractivity (Wildman–Crippen MR) is 156 cm³/mol. The van der Waals surface area contributed by atoms with Crippen LogP contribution in [-0.4, -0.2) is 50.0 Å². The Bertz CT molecular complexity index is 1440. The van der Waals surface area contributed by atoms with Gasteiger partial charge in [0, 0.05) is 58.8 Å². The van der Waals surface area contributed by atoms with Crippen LogP contribution in [-0.2, 0) is 21.8 Å². The first-order chi connectivity index (χ1) is 20.2. The second kappa shape index (κ2) is 12.7. The highest BCUT2D eigenvalue weighted by molar-refractivity contribution is 7.85. The summed E-state index contributed by atoms with van der Waals surface area (Å²) in [6.45, 7) is 1.52. The summed E-state index contributed by atoms with van der Waals surface area (Å²) in [6, 6.07) is 15.4. The van der Waals surface area contributed by atoms with Crippen LogP contribution in [0.25, 0.3) is 16.8 Å². The maximum absolute atomic E-state index is 13.2. The zero-order chi connectivity index (χ0) is 29.7. The summed E-state index contributed by atoms with van der Waals surface area (Å²) in [5.74, 6) is 1.64. The van der Waals surface area contributed by atoms with Crippen LogP contribution in [0.4, 0.5) is 18.9 Å². The molecule has 0 unspecified atom stereocenters. The number of nitrogens with one attached hydrogen (secondary N) is 1. The highest BCUT2D eigenvalue weighted by Gasteiger charge is 2.45. The van der Waals surface area contributed by atoms with Crippen LogP contribution in [0.15, 0.2) is 60.9 Å². The fourth-order valence-electron chi connectivity index (χ4n) is 5.37. The zero-order valence-corrected chi connectivity index (χ0v) is 24.1. The molecule has 1 aliphatic heterocycles. The van der Waals surface area contributed by atoms with Gasteiger partial charge in [0.25, 0.3) is 0 Å². The minimum Gasteiger partial charge on any atom is -0.370 e. The number of nitrogens with zero attached hydrogens (tertiary/aromatic N) is 4. The van der Waals surface area contributed by atoms with Gasteiger partial charge in [0.2, 0.25) is 5.91 Å². The smallest absolute Gasteiger partial charge is 0.370 e. The average molecular weight is 598 g/mol. The van der Waals surface area contributed by atoms with E-state index in [4.69, 9.17) is 5.26 Å². The summed E-state index contributed by atoms with van der Waals surface area (Å²) < 4.78 is 52.5. The van der Waals surface area contributed by atoms with Crippen molar-refractivity contribution in [1.29, 1.82) is 5.26 Å². The Balaban J connectivity index is 0.000000211. The van der Waals surface area contributed by atoms with Crippen molar-refractivity contribution in [2.24, 2.45) is 5.92 Å². The topological polar surface area (TPSA) is 91.0 Å². The molecule has 0 bridgehead atoms. The molecular weight excluding hydrogens is 563 g/mol. The van der Waals surface area contributed by atoms with Gasteiger partial charge in [0.1, 0.15) is 5.54 Å². The zero-order valence-electron chi connectivity index (χ0n) is 23.3. The average Bonchev–Trinajstić information content (AvgIpc) is 3.61. The highest BCUT2D eigenvalue weighted by Crippen LogP contribution is 2.36. The molecule has 0 radical (unpaired) electrons. The monoisotopic (exact) mass is 597 g/mol. The number of carbonyl (C=O) groups excluding carboxylic acids is 1. The van der Waals surface area contributed by atoms with Crippen LogP contribution in [0.5, 0.6) is 0 Å². The summed E-state index contributed by atoms with van der Waals surface area (Å²) in [4.78, 5) is 13.9. The van der Waals surface area contributed by atoms with Gasteiger partial charge in [-0.3, -0.25) is 9.00 Å². The number of carbonyl (C=O) groups is 1. The van der Waals surface area contributed by atoms with Crippen LogP contribution in [0.2, 0.25) is 0 Å². The second-order valence-electron chi connectivity index (χ2n) is 11.1. The Morgan fingerprint density at radius 3 is 2.29 bits per heavy atom. The Morgan fingerprint density at radius 1 is 1.00 bits per heavy atom. The van der Waals surface area contributed by atoms with Gasteiger partial charge in [-0.25, -0.2) is 4.68 Å². The standard InChI is InChI=1S/C20H18F3N3OS.C11H16N2O/c21-20(22,23)18-3-1-2-4-19(18)26-14-16(13-24-26)15-5-7-17(8-6-15)25-9-11-28(27)12-10-25;12-8-11(6-7-11)13-10(14)9-4-2-1-3-5-9/h1-8,13-14H,9-12H2;9H,1-7H2,(H,13,14). The van der Waals surface area contributed by atoms with E-state index in [1.54, 1.807) is 18.5 Å². The van der Waals surface area contributed by atoms with Gasteiger partial charge >= 0.3 is 6.18 Å². The van der Waals surface area contributed by atoms with Crippen LogP contribution >= 0.6 is 0 Å². The van der Waals surface area contributed by atoms with Crippen molar-refractivity contribution in [2.45, 2.75) is 56.7 Å². The molecule has 0 atom stereocenters. The lowest BCUT2D eigenvalue weighted by molar-refractivity contribution is -0.137. The molecule has 3 fully saturated rings. The van der Waals surface area contributed by atoms with Gasteiger partial charge in [0.05, 0.1) is 23.5 Å². The molecule has 7 nitrogen and oxygen atoms in total. The molecule has 2 aromatic carbocycles. The second-order valence-corrected chi connectivity index (χ2v) is 12.8. The Kier molecular flexibility index (Phi) is 9.02. The number of halogens is 3. The molecule has 1 amide bonds. The minimum absolute atomic E-state index is 0.000752. The lowest BCUT2D eigenvalue weighted by atomic mass is 9.88. The van der Waals surface area contributed by atoms with Crippen LogP contribution in [0.3, 0.4) is 0 Å². The summed E-state index contributed by atoms with van der Waals surface area (Å²) >= 11 is 0. The summed E-state index contributed by atoms with van der Waals surface area (Å²) in [6.07, 6.45) is 5.99. The number of amides is 1. The fourth-order valence-corrected chi connectivity index (χ4v) is 6.42. The minimum atomic E-state index is -4.44. The van der Waals surface area contributed by atoms with Gasteiger partial charge in [-0.15, -0.1) is 0 Å². The fraction of sp³-hybridized carbons (Fsp3) is 0.452. The van der Waals surface area contributed by atoms with Crippen molar-refractivity contribution in [3.05, 3.63) is 66.5 Å². The van der Waals surface area contributed by atoms with E-state index in [0.717, 1.165) is 74.5 Å². The number of rotatable bonds is 5. The van der Waals surface area contributed by atoms with E-state index in [9.17, 15) is 22.2 Å². The third-order valence-electron chi connectivity index (χ3n) is 8.08. The molecule has 1 aromatic heterocycles. The Hall–Kier alpha value is -3.65. The molecule has 11 heteroatoms. The van der Waals surface area contributed by atoms with Gasteiger partial charge < -0.3 is 10.2 Å². The molecular formula is C31H34F3N5O2S. The first kappa shape index (κ1) is 29.8. The van der Waals surface area contributed by atoms with Crippen LogP contribution < -0.4 is 10.2 Å². The van der Waals surface area contributed by atoms with Crippen molar-refractivity contribution in [1.82, 2.24) is 15.1 Å². The number of para-hydroxylation sites is 1. The Labute approximate surface area is 246 Å². The molecule has 42 heavy (non-hydrogen) atoms. The van der Waals surface area contributed by atoms with Gasteiger partial charge in [-0.2, -0.15) is 23.5 Å². The van der Waals surface area contributed by atoms with E-state index in [2.05, 4.69) is 21.4 Å². The van der Waals surface area contributed by atoms with E-state index < -0.39 is 28.1 Å². The Morgan fingerprint density at radius 2 is 1.67 bits per heavy atom. The SMILES string of the molecule is N#CC1(NC(=O)C2CCCCC2)CC1.O=S1CCN(c2ccc(-c3cnn(-c4ccccc4C(F)(F)F)c3)cc2)CC1. The molecule has 3 aromatic rings. The first-order valence-electron chi connectivity index (χ1n) is 14.3. The molecule has 0 spiro atoms. The summed E-state index contributed by atoms with van der Waals surface area (Å²) in [5, 5.41) is 15.9. The number of aromatic nitrogens is 2. The lowest BCUT2D eigenvalue weighted by Crippen LogP contribution is -2.40. The molecule has 2 aliphatic carbocycles. The quantitative estimate of drug-likeness (QED) is 0.398. The summed E-state index contributed by atoms with van der Waals surface area (Å²) in [5.41, 5.74) is 1.47. The molecule has 2 saturated carbocycles. The van der Waals surface area contributed by atoms with Gasteiger partial charge in [-0.1, -0.05) is 43.5 Å². The third-order valence-corrected chi connectivity index (χ3v) is 9.36. The molecule has 6 rings (SSSR count). The molecule has 1 N–H and O–H groups in total. The predicted octanol–water partition coefficient (Wildman–Crippen LogP) is 5.87. The number of nitriles is 1. The molecule has 2 heterocycles. The van der Waals surface area contributed by atoms with E-state index in [1.165, 1.54) is 23.2 Å². The first-order valence-corrected chi connectivity index (χ1v) is 15.8. The van der Waals surface area contributed by atoms with E-state index >= 15 is 0 Å². The van der Waals surface area contributed by atoms with Gasteiger partial charge in [0.15, 0.2) is 0 Å². The van der Waals surface area contributed by atoms with Crippen LogP contribution in [0.1, 0.15) is 50.5 Å². The highest BCUT2D eigenvalue weighted by atomic mass is 32.2. The number of anilines is 1. The number of hydrogen-bond acceptors (Lipinski definition) is 5. The van der Waals surface area contributed by atoms with Crippen molar-refractivity contribution >= 4 is 22.4 Å². The van der Waals surface area contributed by atoms with Crippen molar-refractivity contribution in [3.63, 3.8) is 0 Å². The third kappa shape index (κ3) is 7.21. The molecule has 1 saturated heterocycles. The van der Waals surface area contributed by atoms with Crippen molar-refractivity contribution < 1.29 is 22.2 Å². The molecule has 222 valence electrons. The van der Waals surface area contributed by atoms with Crippen LogP contribution in [0, 0.1) is 17.2 Å². The van der Waals surface area contributed by atoms with Crippen molar-refractivity contribution in [2.75, 3.05) is 29.5 Å². The largest absolute Gasteiger partial charge is 0.418 e. The van der Waals surface area contributed by atoms with Gasteiger partial charge in [-0.05, 0) is 55.5 Å². The van der Waals surface area contributed by atoms with E-state index in [1.807, 2.05) is 24.3 Å². The molecule has 3 aliphatic rings. The maximum atomic E-state index is 13.2. The maximum Gasteiger partial charge on any atom is 0.418 e. The van der Waals surface area contributed by atoms with E-state index in [-0.39, 0.29) is 17.5 Å². The van der Waals surface area contributed by atoms with E-state index in [0.29, 0.717) is 11.5 Å². The normalized spacial score (nSPS) is 18.9. The van der Waals surface area contributed by atoms with Crippen molar-refractivity contribution in [3.8, 4) is 22.9 Å². The lowest BCUT2D eigenvalue weighted by Gasteiger charge is -2.28. The number of hydrogen-bond donors (Lipinski definition) is 1. The number of alkyl halides is 3.